The average Bonchev–Trinajstić information content (AvgIpc) is 2.95. The fraction of sp³-hybridized carbons (Fsp3) is 0.583. The molecule has 3 N–H and O–H groups in total. The molecule has 0 aromatic carbocycles. The van der Waals surface area contributed by atoms with Gasteiger partial charge in [0.1, 0.15) is 5.76 Å². The van der Waals surface area contributed by atoms with Crippen LogP contribution >= 0.6 is 0 Å². The number of aliphatic hydroxyl groups is 1. The van der Waals surface area contributed by atoms with Crippen LogP contribution in [0.4, 0.5) is 0 Å². The molecule has 1 aliphatic heterocycles. The summed E-state index contributed by atoms with van der Waals surface area (Å²) in [5.74, 6) is 0.753. The zero-order valence-electron chi connectivity index (χ0n) is 9.74. The fourth-order valence-electron chi connectivity index (χ4n) is 1.92. The van der Waals surface area contributed by atoms with Gasteiger partial charge in [-0.15, -0.1) is 0 Å². The lowest BCUT2D eigenvalue weighted by Crippen LogP contribution is -2.44. The maximum atomic E-state index is 11.6. The van der Waals surface area contributed by atoms with Crippen molar-refractivity contribution in [3.63, 3.8) is 0 Å². The quantitative estimate of drug-likeness (QED) is 0.678. The Kier molecular flexibility index (Phi) is 3.81. The van der Waals surface area contributed by atoms with Crippen LogP contribution in [0.3, 0.4) is 0 Å². The number of aryl methyl sites for hydroxylation is 1. The van der Waals surface area contributed by atoms with E-state index >= 15 is 0 Å². The van der Waals surface area contributed by atoms with Crippen molar-refractivity contribution in [2.45, 2.75) is 24.9 Å². The molecule has 1 atom stereocenters. The number of rotatable bonds is 5. The maximum absolute atomic E-state index is 11.6. The fourth-order valence-corrected chi connectivity index (χ4v) is 1.92. The van der Waals surface area contributed by atoms with Crippen molar-refractivity contribution in [2.24, 2.45) is 0 Å². The van der Waals surface area contributed by atoms with E-state index in [0.29, 0.717) is 32.4 Å². The molecule has 0 radical (unpaired) electrons. The lowest BCUT2D eigenvalue weighted by atomic mass is 10.0. The summed E-state index contributed by atoms with van der Waals surface area (Å²) in [7, 11) is 0. The Balaban J connectivity index is 1.67. The van der Waals surface area contributed by atoms with E-state index in [4.69, 9.17) is 4.42 Å². The van der Waals surface area contributed by atoms with E-state index in [1.807, 2.05) is 6.07 Å². The molecule has 0 bridgehead atoms. The third-order valence-corrected chi connectivity index (χ3v) is 3.01. The van der Waals surface area contributed by atoms with Crippen LogP contribution in [0, 0.1) is 0 Å². The smallest absolute Gasteiger partial charge is 0.220 e. The summed E-state index contributed by atoms with van der Waals surface area (Å²) >= 11 is 0. The number of carbonyl (C=O) groups excluding carboxylic acids is 1. The minimum absolute atomic E-state index is 0.0540. The highest BCUT2D eigenvalue weighted by atomic mass is 16.3. The van der Waals surface area contributed by atoms with Gasteiger partial charge in [-0.3, -0.25) is 4.79 Å². The van der Waals surface area contributed by atoms with E-state index in [1.165, 1.54) is 0 Å². The summed E-state index contributed by atoms with van der Waals surface area (Å²) in [6.07, 6.45) is 3.26. The minimum atomic E-state index is -0.777. The van der Waals surface area contributed by atoms with Gasteiger partial charge in [-0.1, -0.05) is 0 Å². The topological polar surface area (TPSA) is 74.5 Å². The Morgan fingerprint density at radius 1 is 1.65 bits per heavy atom. The van der Waals surface area contributed by atoms with Crippen molar-refractivity contribution in [2.75, 3.05) is 19.6 Å². The van der Waals surface area contributed by atoms with Gasteiger partial charge in [-0.05, 0) is 25.1 Å². The number of β-amino-alcohol motifs (C(OH)–C–C–N with tert-alkyl or cyclic N) is 1. The standard InChI is InChI=1S/C12H18N2O3/c15-11(4-3-10-2-1-7-17-10)14-9-12(16)5-6-13-8-12/h1-2,7,13,16H,3-6,8-9H2,(H,14,15). The van der Waals surface area contributed by atoms with Gasteiger partial charge in [-0.25, -0.2) is 0 Å². The van der Waals surface area contributed by atoms with Gasteiger partial charge in [0.15, 0.2) is 0 Å². The van der Waals surface area contributed by atoms with E-state index in [-0.39, 0.29) is 5.91 Å². The first-order chi connectivity index (χ1) is 8.18. The van der Waals surface area contributed by atoms with Gasteiger partial charge in [-0.2, -0.15) is 0 Å². The van der Waals surface area contributed by atoms with Gasteiger partial charge in [0.05, 0.1) is 11.9 Å². The van der Waals surface area contributed by atoms with E-state index in [0.717, 1.165) is 12.3 Å². The van der Waals surface area contributed by atoms with Crippen LogP contribution in [-0.2, 0) is 11.2 Å². The minimum Gasteiger partial charge on any atom is -0.469 e. The van der Waals surface area contributed by atoms with E-state index in [1.54, 1.807) is 12.3 Å². The first kappa shape index (κ1) is 12.1. The van der Waals surface area contributed by atoms with Crippen LogP contribution in [0.5, 0.6) is 0 Å². The van der Waals surface area contributed by atoms with Gasteiger partial charge >= 0.3 is 0 Å². The molecule has 1 aromatic heterocycles. The van der Waals surface area contributed by atoms with Crippen LogP contribution in [-0.4, -0.2) is 36.2 Å². The first-order valence-electron chi connectivity index (χ1n) is 5.90. The second kappa shape index (κ2) is 5.33. The zero-order chi connectivity index (χ0) is 12.1. The van der Waals surface area contributed by atoms with Crippen molar-refractivity contribution in [1.29, 1.82) is 0 Å². The second-order valence-electron chi connectivity index (χ2n) is 4.51. The number of amides is 1. The molecule has 0 aliphatic carbocycles. The predicted octanol–water partition coefficient (Wildman–Crippen LogP) is 0.0528. The number of carbonyl (C=O) groups is 1. The third kappa shape index (κ3) is 3.57. The summed E-state index contributed by atoms with van der Waals surface area (Å²) in [4.78, 5) is 11.6. The Morgan fingerprint density at radius 3 is 3.18 bits per heavy atom. The predicted molar refractivity (Wildman–Crippen MR) is 62.5 cm³/mol. The molecule has 1 aromatic rings. The summed E-state index contributed by atoms with van der Waals surface area (Å²) in [6.45, 7) is 1.67. The Labute approximate surface area is 100 Å². The van der Waals surface area contributed by atoms with Crippen LogP contribution in [0.1, 0.15) is 18.6 Å². The van der Waals surface area contributed by atoms with Gasteiger partial charge < -0.3 is 20.2 Å². The molecule has 94 valence electrons. The number of nitrogens with one attached hydrogen (secondary N) is 2. The second-order valence-corrected chi connectivity index (χ2v) is 4.51. The molecule has 1 fully saturated rings. The summed E-state index contributed by atoms with van der Waals surface area (Å²) in [6, 6.07) is 3.65. The normalized spacial score (nSPS) is 23.8. The molecule has 17 heavy (non-hydrogen) atoms. The molecule has 1 saturated heterocycles. The van der Waals surface area contributed by atoms with Crippen LogP contribution in [0.2, 0.25) is 0 Å². The number of hydrogen-bond donors (Lipinski definition) is 3. The van der Waals surface area contributed by atoms with Gasteiger partial charge in [0, 0.05) is 25.9 Å². The highest BCUT2D eigenvalue weighted by Gasteiger charge is 2.31. The summed E-state index contributed by atoms with van der Waals surface area (Å²) in [5, 5.41) is 15.8. The maximum Gasteiger partial charge on any atom is 0.220 e. The lowest BCUT2D eigenvalue weighted by molar-refractivity contribution is -0.122. The molecule has 1 unspecified atom stereocenters. The molecule has 1 aliphatic rings. The Bertz CT molecular complexity index is 356. The SMILES string of the molecule is O=C(CCc1ccco1)NCC1(O)CCNC1. The highest BCUT2D eigenvalue weighted by Crippen LogP contribution is 2.12. The van der Waals surface area contributed by atoms with Crippen molar-refractivity contribution < 1.29 is 14.3 Å². The van der Waals surface area contributed by atoms with Crippen LogP contribution < -0.4 is 10.6 Å². The van der Waals surface area contributed by atoms with E-state index in [2.05, 4.69) is 10.6 Å². The monoisotopic (exact) mass is 238 g/mol. The number of hydrogen-bond acceptors (Lipinski definition) is 4. The van der Waals surface area contributed by atoms with Crippen molar-refractivity contribution >= 4 is 5.91 Å². The molecule has 1 amide bonds. The molecule has 0 saturated carbocycles. The molecule has 5 nitrogen and oxygen atoms in total. The van der Waals surface area contributed by atoms with Crippen molar-refractivity contribution in [1.82, 2.24) is 10.6 Å². The van der Waals surface area contributed by atoms with Crippen molar-refractivity contribution in [3.8, 4) is 0 Å². The largest absolute Gasteiger partial charge is 0.469 e. The Hall–Kier alpha value is -1.33. The molecular formula is C12H18N2O3. The molecule has 2 rings (SSSR count). The molecule has 5 heteroatoms. The lowest BCUT2D eigenvalue weighted by Gasteiger charge is -2.21. The van der Waals surface area contributed by atoms with Gasteiger partial charge in [0.25, 0.3) is 0 Å². The van der Waals surface area contributed by atoms with E-state index in [9.17, 15) is 9.90 Å². The highest BCUT2D eigenvalue weighted by molar-refractivity contribution is 5.76. The number of furan rings is 1. The third-order valence-electron chi connectivity index (χ3n) is 3.01. The molecule has 0 spiro atoms. The average molecular weight is 238 g/mol. The van der Waals surface area contributed by atoms with Crippen LogP contribution in [0.25, 0.3) is 0 Å². The first-order valence-corrected chi connectivity index (χ1v) is 5.90. The van der Waals surface area contributed by atoms with Crippen LogP contribution in [0.15, 0.2) is 22.8 Å². The molecular weight excluding hydrogens is 220 g/mol. The summed E-state index contributed by atoms with van der Waals surface area (Å²) < 4.78 is 5.14. The summed E-state index contributed by atoms with van der Waals surface area (Å²) in [5.41, 5.74) is -0.777. The zero-order valence-corrected chi connectivity index (χ0v) is 9.74. The van der Waals surface area contributed by atoms with Crippen molar-refractivity contribution in [3.05, 3.63) is 24.2 Å². The van der Waals surface area contributed by atoms with Gasteiger partial charge in [0.2, 0.25) is 5.91 Å². The Morgan fingerprint density at radius 2 is 2.53 bits per heavy atom. The van der Waals surface area contributed by atoms with E-state index < -0.39 is 5.60 Å². The molecule has 2 heterocycles.